The van der Waals surface area contributed by atoms with E-state index >= 15 is 0 Å². The molecule has 7 heterocycles. The molecular formula is C132H89N9. The van der Waals surface area contributed by atoms with Crippen LogP contribution in [0, 0.1) is 0 Å². The Kier molecular flexibility index (Phi) is 19.4. The van der Waals surface area contributed by atoms with Crippen LogP contribution in [0.5, 0.6) is 0 Å². The number of benzene rings is 19. The SMILES string of the molecule is c1ccc(-c2nc3ccccc3n2-c2ccc(-n3c4c(c5ccccc53)C(c3ccccc3)(c3ccccc3)c3ccccc3-4)cc2)cc1.c1ccc(-n2c(-c3ccc(-n4c5c(c6ccccc64)C(c4ccccc4)(c4ccccc4)c4ccccc4-5)cc3)nc3ccccc32)cc1.c1ccc(C2(c3ccccc3)c3ccccc3-c3c2c2ccccc2n3-c2ccc(-c3cn4ccccc4n3)cc2)cc1. The second-order valence-corrected chi connectivity index (χ2v) is 36.7. The molecule has 0 saturated heterocycles. The molecule has 3 aliphatic carbocycles. The lowest BCUT2D eigenvalue weighted by Gasteiger charge is -2.33. The Hall–Kier alpha value is -18.6. The molecule has 3 aliphatic rings. The van der Waals surface area contributed by atoms with Gasteiger partial charge in [-0.15, -0.1) is 0 Å². The predicted octanol–water partition coefficient (Wildman–Crippen LogP) is 31.3. The maximum Gasteiger partial charge on any atom is 0.145 e. The minimum atomic E-state index is -0.473. The van der Waals surface area contributed by atoms with Crippen LogP contribution in [0.25, 0.3) is 157 Å². The topological polar surface area (TPSA) is 67.7 Å². The highest BCUT2D eigenvalue weighted by molar-refractivity contribution is 6.06. The number of pyridine rings is 1. The van der Waals surface area contributed by atoms with Gasteiger partial charge in [-0.05, 0) is 177 Å². The fourth-order valence-electron chi connectivity index (χ4n) is 23.8. The van der Waals surface area contributed by atoms with E-state index in [0.29, 0.717) is 0 Å². The number of para-hydroxylation sites is 8. The zero-order valence-corrected chi connectivity index (χ0v) is 76.9. The molecule has 0 saturated carbocycles. The lowest BCUT2D eigenvalue weighted by atomic mass is 9.67. The third kappa shape index (κ3) is 12.6. The van der Waals surface area contributed by atoms with E-state index in [4.69, 9.17) is 15.0 Å². The lowest BCUT2D eigenvalue weighted by molar-refractivity contribution is 0.775. The molecule has 0 spiro atoms. The van der Waals surface area contributed by atoms with Crippen LogP contribution in [0.2, 0.25) is 0 Å². The third-order valence-electron chi connectivity index (χ3n) is 29.5. The second kappa shape index (κ2) is 33.5. The zero-order valence-electron chi connectivity index (χ0n) is 76.9. The van der Waals surface area contributed by atoms with Gasteiger partial charge in [0.25, 0.3) is 0 Å². The molecule has 9 nitrogen and oxygen atoms in total. The van der Waals surface area contributed by atoms with Crippen molar-refractivity contribution in [2.75, 3.05) is 0 Å². The summed E-state index contributed by atoms with van der Waals surface area (Å²) in [7, 11) is 0. The molecule has 29 rings (SSSR count). The summed E-state index contributed by atoms with van der Waals surface area (Å²) in [5.41, 5.74) is 40.2. The van der Waals surface area contributed by atoms with E-state index in [1.165, 1.54) is 133 Å². The molecule has 0 fully saturated rings. The van der Waals surface area contributed by atoms with Gasteiger partial charge in [0, 0.05) is 107 Å². The molecular weight excluding hydrogens is 1710 g/mol. The highest BCUT2D eigenvalue weighted by Gasteiger charge is 2.53. The number of hydrogen-bond acceptors (Lipinski definition) is 3. The summed E-state index contributed by atoms with van der Waals surface area (Å²) in [6.07, 6.45) is 4.13. The zero-order chi connectivity index (χ0) is 93.1. The Balaban J connectivity index is 0.000000106. The van der Waals surface area contributed by atoms with Gasteiger partial charge in [0.2, 0.25) is 0 Å². The van der Waals surface area contributed by atoms with Crippen molar-refractivity contribution in [3.05, 3.63) is 607 Å². The summed E-state index contributed by atoms with van der Waals surface area (Å²) < 4.78 is 14.0. The Morgan fingerprint density at radius 2 is 0.447 bits per heavy atom. The summed E-state index contributed by atoms with van der Waals surface area (Å²) in [6.45, 7) is 0. The van der Waals surface area contributed by atoms with Gasteiger partial charge in [-0.25, -0.2) is 15.0 Å². The largest absolute Gasteiger partial charge is 0.309 e. The minimum Gasteiger partial charge on any atom is -0.309 e. The molecule has 0 unspecified atom stereocenters. The van der Waals surface area contributed by atoms with E-state index in [1.54, 1.807) is 0 Å². The van der Waals surface area contributed by atoms with Gasteiger partial charge in [-0.3, -0.25) is 9.13 Å². The van der Waals surface area contributed by atoms with Gasteiger partial charge >= 0.3 is 0 Å². The van der Waals surface area contributed by atoms with Crippen LogP contribution in [0.3, 0.4) is 0 Å². The van der Waals surface area contributed by atoms with Crippen molar-refractivity contribution in [2.24, 2.45) is 0 Å². The third-order valence-corrected chi connectivity index (χ3v) is 29.5. The lowest BCUT2D eigenvalue weighted by Crippen LogP contribution is -2.28. The maximum atomic E-state index is 5.13. The average Bonchev–Trinajstić information content (AvgIpc) is 1.52. The maximum absolute atomic E-state index is 5.13. The number of nitrogens with zero attached hydrogens (tertiary/aromatic N) is 9. The van der Waals surface area contributed by atoms with Crippen molar-refractivity contribution in [2.45, 2.75) is 16.2 Å². The molecule has 0 N–H and O–H groups in total. The highest BCUT2D eigenvalue weighted by Crippen LogP contribution is 2.64. The molecule has 0 atom stereocenters. The molecule has 0 aliphatic heterocycles. The number of hydrogen-bond donors (Lipinski definition) is 0. The van der Waals surface area contributed by atoms with Gasteiger partial charge in [-0.2, -0.15) is 0 Å². The summed E-state index contributed by atoms with van der Waals surface area (Å²) in [4.78, 5) is 15.1. The van der Waals surface area contributed by atoms with Gasteiger partial charge in [0.1, 0.15) is 17.3 Å². The first-order chi connectivity index (χ1) is 70.0. The van der Waals surface area contributed by atoms with Crippen molar-refractivity contribution in [3.63, 3.8) is 0 Å². The summed E-state index contributed by atoms with van der Waals surface area (Å²) in [5.74, 6) is 1.87. The molecule has 141 heavy (non-hydrogen) atoms. The van der Waals surface area contributed by atoms with E-state index in [1.807, 2.05) is 30.5 Å². The van der Waals surface area contributed by atoms with Gasteiger partial charge in [0.05, 0.1) is 77.6 Å². The second-order valence-electron chi connectivity index (χ2n) is 36.7. The van der Waals surface area contributed by atoms with E-state index in [9.17, 15) is 0 Å². The molecule has 19 aromatic carbocycles. The molecule has 0 radical (unpaired) electrons. The van der Waals surface area contributed by atoms with Crippen LogP contribution >= 0.6 is 0 Å². The van der Waals surface area contributed by atoms with E-state index in [-0.39, 0.29) is 0 Å². The van der Waals surface area contributed by atoms with E-state index in [0.717, 1.165) is 90.2 Å². The molecule has 0 bridgehead atoms. The van der Waals surface area contributed by atoms with Crippen LogP contribution in [-0.4, -0.2) is 42.2 Å². The van der Waals surface area contributed by atoms with Gasteiger partial charge < -0.3 is 18.1 Å². The van der Waals surface area contributed by atoms with Crippen molar-refractivity contribution in [1.82, 2.24) is 42.2 Å². The molecule has 662 valence electrons. The number of fused-ring (bicyclic) bond motifs is 18. The quantitative estimate of drug-likeness (QED) is 0.109. The van der Waals surface area contributed by atoms with Crippen LogP contribution < -0.4 is 0 Å². The predicted molar refractivity (Wildman–Crippen MR) is 576 cm³/mol. The summed E-state index contributed by atoms with van der Waals surface area (Å²) in [6, 6.07) is 190. The summed E-state index contributed by atoms with van der Waals surface area (Å²) >= 11 is 0. The van der Waals surface area contributed by atoms with Crippen molar-refractivity contribution >= 4 is 60.4 Å². The monoisotopic (exact) mass is 1800 g/mol. The van der Waals surface area contributed by atoms with Crippen LogP contribution in [0.15, 0.2) is 540 Å². The number of rotatable bonds is 14. The van der Waals surface area contributed by atoms with Crippen molar-refractivity contribution < 1.29 is 0 Å². The smallest absolute Gasteiger partial charge is 0.145 e. The normalized spacial score (nSPS) is 13.1. The fraction of sp³-hybridized carbons (Fsp3) is 0.0227. The first-order valence-corrected chi connectivity index (χ1v) is 48.4. The standard InChI is InChI=1S/2C46H31N3.C40H27N3/c1-4-16-33(17-5-1)46(34-18-6-2-7-19-34)39-24-12-10-22-37(39)44-43(46)38-23-11-14-26-41(38)48(44)36-30-28-32(29-31-36)45-47-40-25-13-15-27-42(40)49(45)35-20-8-3-9-21-35;1-4-16-32(17-5-1)45-47-40-25-13-15-27-42(40)49(45)36-30-28-35(29-31-36)48-41-26-14-11-23-38(41)43-44(48)37-22-10-12-24-39(37)46(43,33-18-6-2-7-19-33)34-20-8-3-9-21-34;1-3-13-29(14-4-1)40(30-15-5-2-6-16-30)34-19-9-7-17-32(34)39-38(40)33-18-8-10-20-36(33)43(39)31-24-22-28(23-25-31)35-27-42-26-12-11-21-37(42)41-35/h2*1-31H;1-27H. The van der Waals surface area contributed by atoms with Crippen LogP contribution in [0.1, 0.15) is 66.8 Å². The highest BCUT2D eigenvalue weighted by atomic mass is 15.1. The Bertz CT molecular complexity index is 9080. The Labute approximate surface area is 816 Å². The van der Waals surface area contributed by atoms with Crippen LogP contribution in [0.4, 0.5) is 0 Å². The fourth-order valence-corrected chi connectivity index (χ4v) is 23.8. The molecule has 0 amide bonds. The Morgan fingerprint density at radius 3 is 0.801 bits per heavy atom. The van der Waals surface area contributed by atoms with E-state index in [2.05, 4.69) is 537 Å². The van der Waals surface area contributed by atoms with Crippen LogP contribution in [-0.2, 0) is 16.2 Å². The summed E-state index contributed by atoms with van der Waals surface area (Å²) in [5, 5.41) is 3.79. The first kappa shape index (κ1) is 81.9. The minimum absolute atomic E-state index is 0.449. The molecule has 7 aromatic heterocycles. The van der Waals surface area contributed by atoms with Gasteiger partial charge in [-0.1, -0.05) is 400 Å². The number of aromatic nitrogens is 9. The van der Waals surface area contributed by atoms with Crippen molar-refractivity contribution in [1.29, 1.82) is 0 Å². The Morgan fingerprint density at radius 1 is 0.184 bits per heavy atom. The first-order valence-electron chi connectivity index (χ1n) is 48.4. The molecule has 26 aromatic rings. The average molecular weight is 1800 g/mol. The number of imidazole rings is 3. The van der Waals surface area contributed by atoms with Crippen molar-refractivity contribution in [3.8, 4) is 96.2 Å². The molecule has 9 heteroatoms. The van der Waals surface area contributed by atoms with E-state index < -0.39 is 16.2 Å². The van der Waals surface area contributed by atoms with Gasteiger partial charge in [0.15, 0.2) is 0 Å².